The Balaban J connectivity index is 0.00000529. The van der Waals surface area contributed by atoms with E-state index in [0.29, 0.717) is 31.8 Å². The molecule has 3 N–H and O–H groups in total. The molecule has 0 heterocycles. The third kappa shape index (κ3) is 9.07. The minimum atomic E-state index is -0.0391. The average molecular weight is 448 g/mol. The van der Waals surface area contributed by atoms with Crippen molar-refractivity contribution in [2.75, 3.05) is 33.4 Å². The molecule has 0 spiro atoms. The Kier molecular flexibility index (Phi) is 13.2. The Morgan fingerprint density at radius 2 is 1.96 bits per heavy atom. The summed E-state index contributed by atoms with van der Waals surface area (Å²) in [6.07, 6.45) is 0.926. The van der Waals surface area contributed by atoms with Gasteiger partial charge < -0.3 is 20.7 Å². The number of halogens is 1. The van der Waals surface area contributed by atoms with E-state index in [2.05, 4.69) is 20.9 Å². The number of guanidine groups is 1. The van der Waals surface area contributed by atoms with E-state index in [4.69, 9.17) is 4.74 Å². The molecule has 0 radical (unpaired) electrons. The number of hydrogen-bond acceptors (Lipinski definition) is 3. The zero-order valence-corrected chi connectivity index (χ0v) is 17.1. The van der Waals surface area contributed by atoms with Crippen LogP contribution < -0.4 is 16.0 Å². The summed E-state index contributed by atoms with van der Waals surface area (Å²) >= 11 is 0. The van der Waals surface area contributed by atoms with Gasteiger partial charge in [-0.1, -0.05) is 19.1 Å². The number of nitrogens with zero attached hydrogens (tertiary/aromatic N) is 1. The fourth-order valence-corrected chi connectivity index (χ4v) is 1.94. The van der Waals surface area contributed by atoms with Crippen LogP contribution >= 0.6 is 24.0 Å². The quantitative estimate of drug-likeness (QED) is 0.234. The van der Waals surface area contributed by atoms with Gasteiger partial charge in [-0.05, 0) is 31.0 Å². The third-order valence-electron chi connectivity index (χ3n) is 3.09. The van der Waals surface area contributed by atoms with Crippen LogP contribution in [0.2, 0.25) is 0 Å². The highest BCUT2D eigenvalue weighted by atomic mass is 127. The maximum Gasteiger partial charge on any atom is 0.251 e. The van der Waals surface area contributed by atoms with Gasteiger partial charge in [-0.3, -0.25) is 4.79 Å². The molecule has 1 amide bonds. The van der Waals surface area contributed by atoms with Gasteiger partial charge in [0.25, 0.3) is 5.91 Å². The second-order valence-electron chi connectivity index (χ2n) is 5.07. The molecule has 0 aliphatic carbocycles. The molecule has 0 aliphatic heterocycles. The lowest BCUT2D eigenvalue weighted by molar-refractivity contribution is 0.0953. The van der Waals surface area contributed by atoms with Gasteiger partial charge in [-0.15, -0.1) is 24.0 Å². The van der Waals surface area contributed by atoms with Crippen molar-refractivity contribution < 1.29 is 9.53 Å². The van der Waals surface area contributed by atoms with Crippen molar-refractivity contribution in [3.05, 3.63) is 35.4 Å². The Bertz CT molecular complexity index is 509. The van der Waals surface area contributed by atoms with Crippen LogP contribution in [-0.4, -0.2) is 45.2 Å². The topological polar surface area (TPSA) is 74.8 Å². The zero-order valence-electron chi connectivity index (χ0n) is 14.7. The van der Waals surface area contributed by atoms with Gasteiger partial charge in [-0.25, -0.2) is 4.99 Å². The number of rotatable bonds is 9. The van der Waals surface area contributed by atoms with Crippen LogP contribution in [-0.2, 0) is 11.3 Å². The second kappa shape index (κ2) is 14.0. The number of hydrogen-bond donors (Lipinski definition) is 3. The Morgan fingerprint density at radius 3 is 2.62 bits per heavy atom. The van der Waals surface area contributed by atoms with Gasteiger partial charge in [0.05, 0.1) is 13.2 Å². The summed E-state index contributed by atoms with van der Waals surface area (Å²) in [5, 5.41) is 9.25. The van der Waals surface area contributed by atoms with Gasteiger partial charge >= 0.3 is 0 Å². The molecule has 6 nitrogen and oxygen atoms in total. The summed E-state index contributed by atoms with van der Waals surface area (Å²) in [4.78, 5) is 16.5. The lowest BCUT2D eigenvalue weighted by Crippen LogP contribution is -2.38. The highest BCUT2D eigenvalue weighted by Crippen LogP contribution is 2.06. The van der Waals surface area contributed by atoms with Gasteiger partial charge in [0.1, 0.15) is 0 Å². The Labute approximate surface area is 161 Å². The molecule has 7 heteroatoms. The summed E-state index contributed by atoms with van der Waals surface area (Å²) in [7, 11) is 1.67. The molecule has 0 fully saturated rings. The second-order valence-corrected chi connectivity index (χ2v) is 5.07. The van der Waals surface area contributed by atoms with Crippen LogP contribution in [0.4, 0.5) is 0 Å². The van der Waals surface area contributed by atoms with Crippen molar-refractivity contribution in [1.29, 1.82) is 0 Å². The highest BCUT2D eigenvalue weighted by molar-refractivity contribution is 14.0. The first-order valence-electron chi connectivity index (χ1n) is 8.09. The summed E-state index contributed by atoms with van der Waals surface area (Å²) in [6.45, 7) is 7.36. The number of ether oxygens (including phenoxy) is 1. The smallest absolute Gasteiger partial charge is 0.251 e. The van der Waals surface area contributed by atoms with E-state index in [1.54, 1.807) is 7.11 Å². The number of aliphatic imine (C=N–C) groups is 1. The van der Waals surface area contributed by atoms with Gasteiger partial charge in [-0.2, -0.15) is 0 Å². The van der Waals surface area contributed by atoms with Crippen molar-refractivity contribution in [2.24, 2.45) is 4.99 Å². The molecule has 0 aliphatic rings. The van der Waals surface area contributed by atoms with Crippen molar-refractivity contribution in [1.82, 2.24) is 16.0 Å². The summed E-state index contributed by atoms with van der Waals surface area (Å²) in [5.74, 6) is 0.702. The fourth-order valence-electron chi connectivity index (χ4n) is 1.94. The van der Waals surface area contributed by atoms with E-state index in [0.717, 1.165) is 24.5 Å². The van der Waals surface area contributed by atoms with Crippen molar-refractivity contribution in [3.8, 4) is 0 Å². The molecule has 0 atom stereocenters. The summed E-state index contributed by atoms with van der Waals surface area (Å²) in [6, 6.07) is 7.56. The maximum absolute atomic E-state index is 12.0. The first-order chi connectivity index (χ1) is 11.2. The van der Waals surface area contributed by atoms with E-state index < -0.39 is 0 Å². The summed E-state index contributed by atoms with van der Waals surface area (Å²) < 4.78 is 5.02. The molecule has 0 saturated carbocycles. The minimum Gasteiger partial charge on any atom is -0.383 e. The van der Waals surface area contributed by atoms with Crippen molar-refractivity contribution in [2.45, 2.75) is 26.8 Å². The number of methoxy groups -OCH3 is 1. The first-order valence-corrected chi connectivity index (χ1v) is 8.09. The molecule has 24 heavy (non-hydrogen) atoms. The van der Waals surface area contributed by atoms with E-state index in [-0.39, 0.29) is 29.9 Å². The minimum absolute atomic E-state index is 0. The molecule has 0 unspecified atom stereocenters. The van der Waals surface area contributed by atoms with Gasteiger partial charge in [0, 0.05) is 32.3 Å². The number of amides is 1. The maximum atomic E-state index is 12.0. The van der Waals surface area contributed by atoms with Crippen molar-refractivity contribution in [3.63, 3.8) is 0 Å². The molecule has 0 saturated heterocycles. The monoisotopic (exact) mass is 448 g/mol. The lowest BCUT2D eigenvalue weighted by Gasteiger charge is -2.11. The normalized spacial score (nSPS) is 10.7. The largest absolute Gasteiger partial charge is 0.383 e. The number of carbonyl (C=O) groups excluding carboxylic acids is 1. The molecule has 1 aromatic carbocycles. The molecule has 1 rings (SSSR count). The predicted molar refractivity (Wildman–Crippen MR) is 109 cm³/mol. The zero-order chi connectivity index (χ0) is 16.9. The van der Waals surface area contributed by atoms with Gasteiger partial charge in [0.2, 0.25) is 0 Å². The summed E-state index contributed by atoms with van der Waals surface area (Å²) in [5.41, 5.74) is 1.67. The van der Waals surface area contributed by atoms with Crippen LogP contribution in [0.3, 0.4) is 0 Å². The number of carbonyl (C=O) groups is 1. The lowest BCUT2D eigenvalue weighted by atomic mass is 10.1. The Hall–Kier alpha value is -1.35. The van der Waals surface area contributed by atoms with Gasteiger partial charge in [0.15, 0.2) is 5.96 Å². The number of benzene rings is 1. The molecular formula is C17H29IN4O2. The first kappa shape index (κ1) is 22.6. The van der Waals surface area contributed by atoms with Crippen LogP contribution in [0, 0.1) is 0 Å². The van der Waals surface area contributed by atoms with Crippen LogP contribution in [0.15, 0.2) is 29.3 Å². The predicted octanol–water partition coefficient (Wildman–Crippen LogP) is 2.15. The molecular weight excluding hydrogens is 419 g/mol. The number of nitrogens with one attached hydrogen (secondary N) is 3. The van der Waals surface area contributed by atoms with E-state index in [1.807, 2.05) is 38.1 Å². The van der Waals surface area contributed by atoms with Crippen LogP contribution in [0.1, 0.15) is 36.2 Å². The van der Waals surface area contributed by atoms with Crippen molar-refractivity contribution >= 4 is 35.8 Å². The molecule has 1 aromatic rings. The fraction of sp³-hybridized carbons (Fsp3) is 0.529. The third-order valence-corrected chi connectivity index (χ3v) is 3.09. The van der Waals surface area contributed by atoms with Crippen LogP contribution in [0.25, 0.3) is 0 Å². The highest BCUT2D eigenvalue weighted by Gasteiger charge is 2.05. The standard InChI is InChI=1S/C17H28N4O2.HI/c1-4-9-19-16(22)15-8-6-7-14(12-15)13-21-17(18-5-2)20-10-11-23-3;/h6-8,12H,4-5,9-11,13H2,1-3H3,(H,19,22)(H2,18,20,21);1H. The SMILES string of the molecule is CCCNC(=O)c1cccc(CN=C(NCC)NCCOC)c1.I. The Morgan fingerprint density at radius 1 is 1.17 bits per heavy atom. The molecule has 136 valence electrons. The van der Waals surface area contributed by atoms with E-state index >= 15 is 0 Å². The average Bonchev–Trinajstić information content (AvgIpc) is 2.58. The van der Waals surface area contributed by atoms with E-state index in [1.165, 1.54) is 0 Å². The molecule has 0 bridgehead atoms. The van der Waals surface area contributed by atoms with E-state index in [9.17, 15) is 4.79 Å². The van der Waals surface area contributed by atoms with Crippen LogP contribution in [0.5, 0.6) is 0 Å². The molecule has 0 aromatic heterocycles.